The molecule has 0 heterocycles. The van der Waals surface area contributed by atoms with Gasteiger partial charge < -0.3 is 5.11 Å². The Balaban J connectivity index is 2.39. The molecule has 0 aliphatic heterocycles. The van der Waals surface area contributed by atoms with Crippen molar-refractivity contribution in [3.63, 3.8) is 0 Å². The Bertz CT molecular complexity index is 633. The van der Waals surface area contributed by atoms with Crippen molar-refractivity contribution in [2.75, 3.05) is 6.54 Å². The third-order valence-corrected chi connectivity index (χ3v) is 5.64. The Kier molecular flexibility index (Phi) is 4.80. The van der Waals surface area contributed by atoms with Crippen molar-refractivity contribution in [1.29, 1.82) is 0 Å². The molecule has 6 heteroatoms. The molecular formula is C15H19NO4S. The van der Waals surface area contributed by atoms with E-state index in [-0.39, 0.29) is 23.0 Å². The second-order valence-electron chi connectivity index (χ2n) is 5.13. The summed E-state index contributed by atoms with van der Waals surface area (Å²) in [5.74, 6) is -1.14. The van der Waals surface area contributed by atoms with E-state index in [0.29, 0.717) is 0 Å². The van der Waals surface area contributed by atoms with Crippen LogP contribution in [0.2, 0.25) is 0 Å². The second-order valence-corrected chi connectivity index (χ2v) is 7.03. The minimum absolute atomic E-state index is 0.0242. The van der Waals surface area contributed by atoms with Crippen LogP contribution in [0.15, 0.2) is 41.8 Å². The average Bonchev–Trinajstić information content (AvgIpc) is 2.98. The quantitative estimate of drug-likeness (QED) is 0.819. The molecule has 0 unspecified atom stereocenters. The molecule has 5 nitrogen and oxygen atoms in total. The van der Waals surface area contributed by atoms with Crippen LogP contribution in [0.25, 0.3) is 0 Å². The van der Waals surface area contributed by atoms with E-state index in [1.165, 1.54) is 28.6 Å². The smallest absolute Gasteiger partial charge is 0.335 e. The molecule has 0 radical (unpaired) electrons. The molecule has 0 saturated heterocycles. The molecule has 1 aromatic carbocycles. The number of nitrogens with zero attached hydrogens (tertiary/aromatic N) is 1. The molecule has 2 rings (SSSR count). The van der Waals surface area contributed by atoms with Gasteiger partial charge in [0.1, 0.15) is 0 Å². The van der Waals surface area contributed by atoms with Crippen molar-refractivity contribution in [3.8, 4) is 0 Å². The monoisotopic (exact) mass is 309 g/mol. The van der Waals surface area contributed by atoms with Gasteiger partial charge >= 0.3 is 5.97 Å². The molecule has 1 aliphatic rings. The zero-order valence-corrected chi connectivity index (χ0v) is 12.6. The van der Waals surface area contributed by atoms with E-state index in [1.54, 1.807) is 6.08 Å². The Morgan fingerprint density at radius 2 is 2.05 bits per heavy atom. The van der Waals surface area contributed by atoms with Crippen LogP contribution in [-0.4, -0.2) is 36.4 Å². The summed E-state index contributed by atoms with van der Waals surface area (Å²) in [6.45, 7) is 3.86. The van der Waals surface area contributed by atoms with Crippen LogP contribution in [0.4, 0.5) is 0 Å². The first-order valence-corrected chi connectivity index (χ1v) is 8.37. The van der Waals surface area contributed by atoms with E-state index in [1.807, 2.05) is 0 Å². The minimum atomic E-state index is -3.70. The van der Waals surface area contributed by atoms with E-state index in [0.717, 1.165) is 25.7 Å². The maximum Gasteiger partial charge on any atom is 0.335 e. The Hall–Kier alpha value is -1.66. The largest absolute Gasteiger partial charge is 0.478 e. The van der Waals surface area contributed by atoms with Crippen molar-refractivity contribution in [1.82, 2.24) is 4.31 Å². The van der Waals surface area contributed by atoms with Crippen LogP contribution in [0.1, 0.15) is 36.0 Å². The highest BCUT2D eigenvalue weighted by Crippen LogP contribution is 2.28. The van der Waals surface area contributed by atoms with Gasteiger partial charge in [0, 0.05) is 12.6 Å². The molecule has 114 valence electrons. The number of carbonyl (C=O) groups is 1. The average molecular weight is 309 g/mol. The molecule has 1 saturated carbocycles. The lowest BCUT2D eigenvalue weighted by Gasteiger charge is -2.27. The summed E-state index contributed by atoms with van der Waals surface area (Å²) in [6, 6.07) is 5.46. The molecule has 1 fully saturated rings. The van der Waals surface area contributed by atoms with Gasteiger partial charge in [-0.25, -0.2) is 13.2 Å². The molecule has 0 bridgehead atoms. The number of hydrogen-bond donors (Lipinski definition) is 1. The number of benzene rings is 1. The highest BCUT2D eigenvalue weighted by Gasteiger charge is 2.32. The fourth-order valence-corrected chi connectivity index (χ4v) is 4.39. The van der Waals surface area contributed by atoms with Crippen LogP contribution < -0.4 is 0 Å². The SMILES string of the molecule is C=CCN(C1CCCC1)S(=O)(=O)c1cccc(C(=O)O)c1. The maximum absolute atomic E-state index is 12.8. The molecule has 0 aromatic heterocycles. The predicted octanol–water partition coefficient (Wildman–Crippen LogP) is 2.50. The summed E-state index contributed by atoms with van der Waals surface area (Å²) >= 11 is 0. The van der Waals surface area contributed by atoms with Gasteiger partial charge in [-0.3, -0.25) is 0 Å². The Morgan fingerprint density at radius 1 is 1.38 bits per heavy atom. The first kappa shape index (κ1) is 15.7. The summed E-state index contributed by atoms with van der Waals surface area (Å²) in [7, 11) is -3.70. The number of hydrogen-bond acceptors (Lipinski definition) is 3. The number of sulfonamides is 1. The molecule has 1 N–H and O–H groups in total. The van der Waals surface area contributed by atoms with Gasteiger partial charge in [0.25, 0.3) is 0 Å². The summed E-state index contributed by atoms with van der Waals surface area (Å²) in [5, 5.41) is 9.00. The van der Waals surface area contributed by atoms with E-state index in [4.69, 9.17) is 5.11 Å². The normalized spacial score (nSPS) is 16.2. The number of carboxylic acids is 1. The van der Waals surface area contributed by atoms with Gasteiger partial charge in [-0.2, -0.15) is 4.31 Å². The third kappa shape index (κ3) is 3.33. The van der Waals surface area contributed by atoms with Crippen molar-refractivity contribution < 1.29 is 18.3 Å². The Labute approximate surface area is 124 Å². The fraction of sp³-hybridized carbons (Fsp3) is 0.400. The predicted molar refractivity (Wildman–Crippen MR) is 79.7 cm³/mol. The summed E-state index contributed by atoms with van der Waals surface area (Å²) < 4.78 is 27.0. The lowest BCUT2D eigenvalue weighted by Crippen LogP contribution is -2.38. The van der Waals surface area contributed by atoms with Crippen molar-refractivity contribution in [2.45, 2.75) is 36.6 Å². The van der Waals surface area contributed by atoms with E-state index in [2.05, 4.69) is 6.58 Å². The molecule has 0 spiro atoms. The highest BCUT2D eigenvalue weighted by atomic mass is 32.2. The van der Waals surface area contributed by atoms with Gasteiger partial charge in [0.05, 0.1) is 10.5 Å². The lowest BCUT2D eigenvalue weighted by molar-refractivity contribution is 0.0696. The van der Waals surface area contributed by atoms with Crippen molar-refractivity contribution in [2.24, 2.45) is 0 Å². The van der Waals surface area contributed by atoms with Gasteiger partial charge in [-0.1, -0.05) is 25.0 Å². The number of rotatable bonds is 6. The maximum atomic E-state index is 12.8. The first-order valence-electron chi connectivity index (χ1n) is 6.93. The summed E-state index contributed by atoms with van der Waals surface area (Å²) in [5.41, 5.74) is -0.0268. The van der Waals surface area contributed by atoms with Crippen LogP contribution in [-0.2, 0) is 10.0 Å². The van der Waals surface area contributed by atoms with Crippen LogP contribution >= 0.6 is 0 Å². The Morgan fingerprint density at radius 3 is 2.62 bits per heavy atom. The van der Waals surface area contributed by atoms with Crippen LogP contribution in [0.5, 0.6) is 0 Å². The summed E-state index contributed by atoms with van der Waals surface area (Å²) in [6.07, 6.45) is 5.28. The molecular weight excluding hydrogens is 290 g/mol. The van der Waals surface area contributed by atoms with Gasteiger partial charge in [-0.05, 0) is 31.0 Å². The first-order chi connectivity index (χ1) is 9.96. The van der Waals surface area contributed by atoms with Crippen LogP contribution in [0.3, 0.4) is 0 Å². The summed E-state index contributed by atoms with van der Waals surface area (Å²) in [4.78, 5) is 11.0. The number of carboxylic acid groups (broad SMARTS) is 1. The van der Waals surface area contributed by atoms with Gasteiger partial charge in [-0.15, -0.1) is 6.58 Å². The topological polar surface area (TPSA) is 74.7 Å². The van der Waals surface area contributed by atoms with E-state index < -0.39 is 16.0 Å². The van der Waals surface area contributed by atoms with E-state index >= 15 is 0 Å². The number of aromatic carboxylic acids is 1. The third-order valence-electron chi connectivity index (χ3n) is 3.73. The van der Waals surface area contributed by atoms with Crippen molar-refractivity contribution >= 4 is 16.0 Å². The van der Waals surface area contributed by atoms with E-state index in [9.17, 15) is 13.2 Å². The molecule has 0 amide bonds. The molecule has 1 aliphatic carbocycles. The van der Waals surface area contributed by atoms with Gasteiger partial charge in [0.2, 0.25) is 10.0 Å². The van der Waals surface area contributed by atoms with Crippen molar-refractivity contribution in [3.05, 3.63) is 42.5 Å². The lowest BCUT2D eigenvalue weighted by atomic mass is 10.2. The standard InChI is InChI=1S/C15H19NO4S/c1-2-10-16(13-7-3-4-8-13)21(19,20)14-9-5-6-12(11-14)15(17)18/h2,5-6,9,11,13H,1,3-4,7-8,10H2,(H,17,18). The fourth-order valence-electron chi connectivity index (χ4n) is 2.69. The second kappa shape index (κ2) is 6.41. The zero-order valence-electron chi connectivity index (χ0n) is 11.7. The highest BCUT2D eigenvalue weighted by molar-refractivity contribution is 7.89. The van der Waals surface area contributed by atoms with Gasteiger partial charge in [0.15, 0.2) is 0 Å². The zero-order chi connectivity index (χ0) is 15.5. The molecule has 0 atom stereocenters. The molecule has 1 aromatic rings. The van der Waals surface area contributed by atoms with Crippen LogP contribution in [0, 0.1) is 0 Å². The minimum Gasteiger partial charge on any atom is -0.478 e. The molecule has 21 heavy (non-hydrogen) atoms.